The van der Waals surface area contributed by atoms with Crippen LogP contribution in [0.3, 0.4) is 0 Å². The summed E-state index contributed by atoms with van der Waals surface area (Å²) < 4.78 is 10.6. The average molecular weight is 422 g/mol. The molecule has 2 N–H and O–H groups in total. The van der Waals surface area contributed by atoms with E-state index in [1.54, 1.807) is 18.9 Å². The molecule has 0 aromatic heterocycles. The van der Waals surface area contributed by atoms with Crippen LogP contribution in [0.25, 0.3) is 0 Å². The smallest absolute Gasteiger partial charge is 0.404 e. The highest BCUT2D eigenvalue weighted by Crippen LogP contribution is 2.38. The van der Waals surface area contributed by atoms with Crippen molar-refractivity contribution in [3.63, 3.8) is 0 Å². The van der Waals surface area contributed by atoms with Gasteiger partial charge in [0.1, 0.15) is 11.9 Å². The lowest BCUT2D eigenvalue weighted by atomic mass is 9.79. The molecule has 0 bridgehead atoms. The Bertz CT molecular complexity index is 765. The standard InChI is InChI=1S/C21H31N3O4S/c1-21(2,3)18-12-15(28-20(22)26)7-8-23(18)9-10-24-16-11-14(27-4)5-6-17(16)29-13-19(24)25/h5-6,11,15,18H,7-10,12-13H2,1-4H3,(H2,22,26). The van der Waals surface area contributed by atoms with E-state index in [4.69, 9.17) is 15.2 Å². The Labute approximate surface area is 176 Å². The molecule has 1 aromatic carbocycles. The number of anilines is 1. The van der Waals surface area contributed by atoms with Crippen LogP contribution in [0.15, 0.2) is 23.1 Å². The number of thioether (sulfide) groups is 1. The van der Waals surface area contributed by atoms with E-state index < -0.39 is 6.09 Å². The summed E-state index contributed by atoms with van der Waals surface area (Å²) in [5.74, 6) is 1.33. The number of piperidine rings is 1. The molecule has 2 unspecified atom stereocenters. The van der Waals surface area contributed by atoms with Crippen molar-refractivity contribution in [3.05, 3.63) is 18.2 Å². The number of fused-ring (bicyclic) bond motifs is 1. The Hall–Kier alpha value is -1.93. The van der Waals surface area contributed by atoms with Crippen molar-refractivity contribution in [2.75, 3.05) is 37.4 Å². The van der Waals surface area contributed by atoms with Gasteiger partial charge in [-0.05, 0) is 24.0 Å². The molecule has 29 heavy (non-hydrogen) atoms. The van der Waals surface area contributed by atoms with Crippen molar-refractivity contribution in [2.45, 2.75) is 50.7 Å². The van der Waals surface area contributed by atoms with E-state index in [-0.39, 0.29) is 23.5 Å². The first kappa shape index (κ1) is 21.8. The van der Waals surface area contributed by atoms with Gasteiger partial charge in [-0.25, -0.2) is 4.79 Å². The van der Waals surface area contributed by atoms with Crippen LogP contribution in [0.5, 0.6) is 5.75 Å². The maximum absolute atomic E-state index is 12.7. The Morgan fingerprint density at radius 1 is 1.31 bits per heavy atom. The first-order chi connectivity index (χ1) is 13.7. The van der Waals surface area contributed by atoms with Crippen molar-refractivity contribution >= 4 is 29.4 Å². The number of amides is 2. The molecule has 0 spiro atoms. The maximum Gasteiger partial charge on any atom is 0.404 e. The first-order valence-corrected chi connectivity index (χ1v) is 11.0. The van der Waals surface area contributed by atoms with Crippen molar-refractivity contribution < 1.29 is 19.1 Å². The monoisotopic (exact) mass is 421 g/mol. The quantitative estimate of drug-likeness (QED) is 0.786. The number of hydrogen-bond acceptors (Lipinski definition) is 6. The molecular formula is C21H31N3O4S. The lowest BCUT2D eigenvalue weighted by molar-refractivity contribution is -0.116. The average Bonchev–Trinajstić information content (AvgIpc) is 2.66. The van der Waals surface area contributed by atoms with Gasteiger partial charge in [-0.2, -0.15) is 0 Å². The minimum absolute atomic E-state index is 0.0164. The lowest BCUT2D eigenvalue weighted by Gasteiger charge is -2.46. The molecule has 0 saturated carbocycles. The van der Waals surface area contributed by atoms with Crippen molar-refractivity contribution in [3.8, 4) is 5.75 Å². The van der Waals surface area contributed by atoms with Gasteiger partial charge < -0.3 is 20.1 Å². The van der Waals surface area contributed by atoms with Crippen LogP contribution in [0.1, 0.15) is 33.6 Å². The summed E-state index contributed by atoms with van der Waals surface area (Å²) in [5, 5.41) is 0. The molecule has 2 heterocycles. The van der Waals surface area contributed by atoms with E-state index in [2.05, 4.69) is 25.7 Å². The molecule has 2 amide bonds. The van der Waals surface area contributed by atoms with E-state index in [0.717, 1.165) is 42.3 Å². The minimum atomic E-state index is -0.710. The number of benzene rings is 1. The second-order valence-corrected chi connectivity index (χ2v) is 9.69. The molecule has 160 valence electrons. The Morgan fingerprint density at radius 3 is 2.72 bits per heavy atom. The lowest BCUT2D eigenvalue weighted by Crippen LogP contribution is -2.54. The van der Waals surface area contributed by atoms with Crippen molar-refractivity contribution in [1.29, 1.82) is 0 Å². The van der Waals surface area contributed by atoms with Gasteiger partial charge >= 0.3 is 6.09 Å². The van der Waals surface area contributed by atoms with E-state index in [0.29, 0.717) is 12.3 Å². The normalized spacial score (nSPS) is 22.9. The largest absolute Gasteiger partial charge is 0.497 e. The second-order valence-electron chi connectivity index (χ2n) is 8.67. The number of nitrogens with zero attached hydrogens (tertiary/aromatic N) is 2. The fraction of sp³-hybridized carbons (Fsp3) is 0.619. The zero-order valence-corrected chi connectivity index (χ0v) is 18.5. The van der Waals surface area contributed by atoms with Gasteiger partial charge in [0.2, 0.25) is 5.91 Å². The number of primary amides is 1. The van der Waals surface area contributed by atoms with E-state index in [9.17, 15) is 9.59 Å². The Balaban J connectivity index is 1.73. The van der Waals surface area contributed by atoms with Gasteiger partial charge in [-0.3, -0.25) is 9.69 Å². The highest BCUT2D eigenvalue weighted by Gasteiger charge is 2.38. The molecule has 1 saturated heterocycles. The zero-order chi connectivity index (χ0) is 21.2. The summed E-state index contributed by atoms with van der Waals surface area (Å²) in [4.78, 5) is 29.2. The third kappa shape index (κ3) is 5.17. The van der Waals surface area contributed by atoms with Crippen LogP contribution in [0.2, 0.25) is 0 Å². The summed E-state index contributed by atoms with van der Waals surface area (Å²) in [5.41, 5.74) is 6.16. The number of rotatable bonds is 5. The highest BCUT2D eigenvalue weighted by molar-refractivity contribution is 8.00. The van der Waals surface area contributed by atoms with Gasteiger partial charge in [0.15, 0.2) is 0 Å². The molecule has 2 aliphatic rings. The molecule has 2 atom stereocenters. The first-order valence-electron chi connectivity index (χ1n) is 10.0. The number of methoxy groups -OCH3 is 1. The van der Waals surface area contributed by atoms with Crippen molar-refractivity contribution in [1.82, 2.24) is 4.90 Å². The maximum atomic E-state index is 12.7. The number of hydrogen-bond donors (Lipinski definition) is 1. The number of carbonyl (C=O) groups is 2. The number of nitrogens with two attached hydrogens (primary N) is 1. The third-order valence-corrected chi connectivity index (χ3v) is 6.72. The fourth-order valence-corrected chi connectivity index (χ4v) is 5.12. The Morgan fingerprint density at radius 2 is 2.07 bits per heavy atom. The molecule has 2 aliphatic heterocycles. The summed E-state index contributed by atoms with van der Waals surface area (Å²) >= 11 is 1.57. The molecular weight excluding hydrogens is 390 g/mol. The van der Waals surface area contributed by atoms with Gasteiger partial charge in [-0.15, -0.1) is 11.8 Å². The summed E-state index contributed by atoms with van der Waals surface area (Å²) in [7, 11) is 1.64. The van der Waals surface area contributed by atoms with E-state index in [1.165, 1.54) is 0 Å². The molecule has 8 heteroatoms. The number of ether oxygens (including phenoxy) is 2. The van der Waals surface area contributed by atoms with Crippen LogP contribution in [0.4, 0.5) is 10.5 Å². The number of likely N-dealkylation sites (tertiary alicyclic amines) is 1. The SMILES string of the molecule is COc1ccc2c(c1)N(CCN1CCC(OC(N)=O)CC1C(C)(C)C)C(=O)CS2. The third-order valence-electron chi connectivity index (χ3n) is 5.67. The van der Waals surface area contributed by atoms with Gasteiger partial charge in [0.25, 0.3) is 0 Å². The predicted molar refractivity (Wildman–Crippen MR) is 115 cm³/mol. The van der Waals surface area contributed by atoms with Gasteiger partial charge in [-0.1, -0.05) is 20.8 Å². The van der Waals surface area contributed by atoms with Crippen LogP contribution in [0, 0.1) is 5.41 Å². The molecule has 0 radical (unpaired) electrons. The van der Waals surface area contributed by atoms with E-state index >= 15 is 0 Å². The topological polar surface area (TPSA) is 85.1 Å². The van der Waals surface area contributed by atoms with E-state index in [1.807, 2.05) is 23.1 Å². The summed E-state index contributed by atoms with van der Waals surface area (Å²) in [6, 6.07) is 6.12. The van der Waals surface area contributed by atoms with Crippen molar-refractivity contribution in [2.24, 2.45) is 11.1 Å². The molecule has 0 aliphatic carbocycles. The minimum Gasteiger partial charge on any atom is -0.497 e. The number of carbonyl (C=O) groups excluding carboxylic acids is 2. The molecule has 1 aromatic rings. The summed E-state index contributed by atoms with van der Waals surface area (Å²) in [6.45, 7) is 8.77. The van der Waals surface area contributed by atoms with Crippen LogP contribution < -0.4 is 15.4 Å². The fourth-order valence-electron chi connectivity index (χ4n) is 4.20. The Kier molecular flexibility index (Phi) is 6.63. The second kappa shape index (κ2) is 8.83. The van der Waals surface area contributed by atoms with Gasteiger partial charge in [0.05, 0.1) is 18.6 Å². The van der Waals surface area contributed by atoms with Crippen LogP contribution >= 0.6 is 11.8 Å². The predicted octanol–water partition coefficient (Wildman–Crippen LogP) is 3.11. The van der Waals surface area contributed by atoms with Crippen LogP contribution in [-0.4, -0.2) is 61.5 Å². The summed E-state index contributed by atoms with van der Waals surface area (Å²) in [6.07, 6.45) is 0.647. The highest BCUT2D eigenvalue weighted by atomic mass is 32.2. The molecule has 3 rings (SSSR count). The van der Waals surface area contributed by atoms with Gasteiger partial charge in [0, 0.05) is 43.1 Å². The molecule has 7 nitrogen and oxygen atoms in total. The molecule has 1 fully saturated rings. The zero-order valence-electron chi connectivity index (χ0n) is 17.6. The van der Waals surface area contributed by atoms with Crippen LogP contribution in [-0.2, 0) is 9.53 Å².